The van der Waals surface area contributed by atoms with Gasteiger partial charge in [0, 0.05) is 13.1 Å². The number of rotatable bonds is 10. The number of nitrogens with zero attached hydrogens (tertiary/aromatic N) is 5. The summed E-state index contributed by atoms with van der Waals surface area (Å²) in [5.74, 6) is 1.77. The van der Waals surface area contributed by atoms with E-state index in [0.717, 1.165) is 23.1 Å². The molecule has 0 unspecified atom stereocenters. The van der Waals surface area contributed by atoms with Crippen molar-refractivity contribution in [2.24, 2.45) is 9.98 Å². The lowest BCUT2D eigenvalue weighted by Gasteiger charge is -2.32. The predicted octanol–water partition coefficient (Wildman–Crippen LogP) is 10.6. The molecule has 0 aliphatic carbocycles. The Balaban J connectivity index is 1.18. The van der Waals surface area contributed by atoms with Gasteiger partial charge < -0.3 is 9.80 Å². The highest BCUT2D eigenvalue weighted by Crippen LogP contribution is 2.46. The Morgan fingerprint density at radius 1 is 0.333 bits per heavy atom. The third-order valence-electron chi connectivity index (χ3n) is 10.5. The molecule has 5 nitrogen and oxygen atoms in total. The van der Waals surface area contributed by atoms with Crippen LogP contribution < -0.4 is 0 Å². The van der Waals surface area contributed by atoms with Gasteiger partial charge in [0.1, 0.15) is 23.5 Å². The van der Waals surface area contributed by atoms with Crippen molar-refractivity contribution >= 4 is 11.7 Å². The number of aliphatic imine (C=N–C) groups is 2. The van der Waals surface area contributed by atoms with Crippen LogP contribution in [0.5, 0.6) is 0 Å². The van der Waals surface area contributed by atoms with E-state index in [1.165, 1.54) is 33.4 Å². The first-order valence-electron chi connectivity index (χ1n) is 18.7. The van der Waals surface area contributed by atoms with Crippen LogP contribution in [0.2, 0.25) is 0 Å². The third kappa shape index (κ3) is 6.72. The Morgan fingerprint density at radius 3 is 1.00 bits per heavy atom. The minimum Gasteiger partial charge on any atom is -0.341 e. The maximum Gasteiger partial charge on any atom is 0.151 e. The van der Waals surface area contributed by atoms with Crippen LogP contribution in [-0.2, 0) is 13.1 Å². The number of hydrogen-bond acceptors (Lipinski definition) is 5. The molecule has 262 valence electrons. The summed E-state index contributed by atoms with van der Waals surface area (Å²) in [4.78, 5) is 21.5. The van der Waals surface area contributed by atoms with E-state index in [-0.39, 0.29) is 24.2 Å². The molecule has 0 amide bonds. The smallest absolute Gasteiger partial charge is 0.151 e. The number of aromatic nitrogens is 1. The molecule has 0 N–H and O–H groups in total. The van der Waals surface area contributed by atoms with E-state index in [4.69, 9.17) is 15.0 Å². The molecule has 3 heterocycles. The lowest BCUT2D eigenvalue weighted by Crippen LogP contribution is -2.34. The maximum atomic E-state index is 5.57. The Labute approximate surface area is 317 Å². The average molecular weight is 700 g/mol. The second-order valence-electron chi connectivity index (χ2n) is 14.0. The second-order valence-corrected chi connectivity index (χ2v) is 14.0. The van der Waals surface area contributed by atoms with E-state index in [9.17, 15) is 0 Å². The Hall–Kier alpha value is -6.59. The highest BCUT2D eigenvalue weighted by atomic mass is 15.3. The molecule has 0 bridgehead atoms. The van der Waals surface area contributed by atoms with Crippen LogP contribution in [0.3, 0.4) is 0 Å². The van der Waals surface area contributed by atoms with Crippen molar-refractivity contribution in [3.05, 3.63) is 245 Å². The first-order chi connectivity index (χ1) is 26.8. The molecule has 2 aliphatic rings. The minimum absolute atomic E-state index is 0.0161. The van der Waals surface area contributed by atoms with Crippen LogP contribution in [0, 0.1) is 0 Å². The van der Waals surface area contributed by atoms with Crippen LogP contribution >= 0.6 is 0 Å². The van der Waals surface area contributed by atoms with Gasteiger partial charge in [0.15, 0.2) is 11.7 Å². The summed E-state index contributed by atoms with van der Waals surface area (Å²) in [7, 11) is 0. The van der Waals surface area contributed by atoms with Crippen molar-refractivity contribution in [1.82, 2.24) is 14.8 Å². The van der Waals surface area contributed by atoms with E-state index in [1.54, 1.807) is 0 Å². The molecule has 0 saturated carbocycles. The average Bonchev–Trinajstić information content (AvgIpc) is 3.82. The molecular weight excluding hydrogens is 659 g/mol. The third-order valence-corrected chi connectivity index (χ3v) is 10.5. The Morgan fingerprint density at radius 2 is 0.648 bits per heavy atom. The normalized spacial score (nSPS) is 19.4. The summed E-state index contributed by atoms with van der Waals surface area (Å²) in [6.07, 6.45) is 0. The first kappa shape index (κ1) is 33.3. The topological polar surface area (TPSA) is 44.1 Å². The van der Waals surface area contributed by atoms with Crippen molar-refractivity contribution in [2.75, 3.05) is 0 Å². The SMILES string of the molecule is c1ccc(CN2C(c3cccc(C4=N[C@@H](c5ccccc5)[C@H](c5ccccc5)N4Cc4ccccc4)n3)=N[C@@H](c3ccccc3)[C@@H]2c2ccccc2)cc1. The molecule has 0 saturated heterocycles. The van der Waals surface area contributed by atoms with Gasteiger partial charge in [0.05, 0.1) is 12.1 Å². The second kappa shape index (κ2) is 15.2. The first-order valence-corrected chi connectivity index (χ1v) is 18.7. The van der Waals surface area contributed by atoms with Crippen LogP contribution in [0.4, 0.5) is 0 Å². The monoisotopic (exact) mass is 699 g/mol. The quantitative estimate of drug-likeness (QED) is 0.143. The highest BCUT2D eigenvalue weighted by molar-refractivity contribution is 6.02. The lowest BCUT2D eigenvalue weighted by molar-refractivity contribution is 0.303. The maximum absolute atomic E-state index is 5.57. The van der Waals surface area contributed by atoms with Crippen molar-refractivity contribution in [1.29, 1.82) is 0 Å². The fourth-order valence-corrected chi connectivity index (χ4v) is 8.01. The summed E-state index contributed by atoms with van der Waals surface area (Å²) in [5, 5.41) is 0. The van der Waals surface area contributed by atoms with Crippen molar-refractivity contribution in [3.63, 3.8) is 0 Å². The molecule has 5 heteroatoms. The van der Waals surface area contributed by atoms with Gasteiger partial charge in [-0.05, 0) is 45.5 Å². The molecule has 9 rings (SSSR count). The Kier molecular flexibility index (Phi) is 9.35. The van der Waals surface area contributed by atoms with Gasteiger partial charge >= 0.3 is 0 Å². The minimum atomic E-state index is -0.110. The molecule has 0 spiro atoms. The zero-order valence-electron chi connectivity index (χ0n) is 30.0. The number of benzene rings is 6. The largest absolute Gasteiger partial charge is 0.341 e. The van der Waals surface area contributed by atoms with Crippen LogP contribution in [0.25, 0.3) is 0 Å². The van der Waals surface area contributed by atoms with Gasteiger partial charge in [0.2, 0.25) is 0 Å². The summed E-state index contributed by atoms with van der Waals surface area (Å²) >= 11 is 0. The summed E-state index contributed by atoms with van der Waals surface area (Å²) in [5.41, 5.74) is 8.94. The van der Waals surface area contributed by atoms with Gasteiger partial charge in [-0.2, -0.15) is 0 Å². The standard InChI is InChI=1S/C49H41N5/c1-7-20-36(21-8-1)34-53-46(40-28-15-5-16-29-40)44(38-24-11-3-12-25-38)51-48(53)42-32-19-33-43(50-42)49-52-45(39-26-13-4-14-27-39)47(41-30-17-6-18-31-41)54(49)35-37-22-9-2-10-23-37/h1-33,44-47H,34-35H2/t44-,45-,46-,47-/m0/s1. The van der Waals surface area contributed by atoms with E-state index in [1.807, 2.05) is 0 Å². The van der Waals surface area contributed by atoms with Crippen LogP contribution in [-0.4, -0.2) is 26.5 Å². The van der Waals surface area contributed by atoms with E-state index < -0.39 is 0 Å². The van der Waals surface area contributed by atoms with Crippen LogP contribution in [0.15, 0.2) is 210 Å². The summed E-state index contributed by atoms with van der Waals surface area (Å²) in [6, 6.07) is 70.4. The predicted molar refractivity (Wildman–Crippen MR) is 218 cm³/mol. The fourth-order valence-electron chi connectivity index (χ4n) is 8.01. The number of hydrogen-bond donors (Lipinski definition) is 0. The van der Waals surface area contributed by atoms with E-state index in [2.05, 4.69) is 210 Å². The number of pyridine rings is 1. The van der Waals surface area contributed by atoms with Gasteiger partial charge in [-0.3, -0.25) is 9.98 Å². The molecule has 4 atom stereocenters. The molecule has 54 heavy (non-hydrogen) atoms. The number of amidine groups is 2. The zero-order chi connectivity index (χ0) is 36.1. The van der Waals surface area contributed by atoms with E-state index in [0.29, 0.717) is 13.1 Å². The van der Waals surface area contributed by atoms with Gasteiger partial charge in [-0.1, -0.05) is 188 Å². The van der Waals surface area contributed by atoms with Gasteiger partial charge in [-0.15, -0.1) is 0 Å². The van der Waals surface area contributed by atoms with Gasteiger partial charge in [0.25, 0.3) is 0 Å². The molecule has 1 aromatic heterocycles. The van der Waals surface area contributed by atoms with Crippen molar-refractivity contribution < 1.29 is 0 Å². The molecule has 7 aromatic rings. The van der Waals surface area contributed by atoms with Gasteiger partial charge in [-0.25, -0.2) is 4.98 Å². The van der Waals surface area contributed by atoms with Crippen molar-refractivity contribution in [2.45, 2.75) is 37.3 Å². The molecule has 0 fully saturated rings. The Bertz CT molecular complexity index is 2180. The summed E-state index contributed by atoms with van der Waals surface area (Å²) in [6.45, 7) is 1.39. The highest BCUT2D eigenvalue weighted by Gasteiger charge is 2.41. The zero-order valence-corrected chi connectivity index (χ0v) is 30.0. The van der Waals surface area contributed by atoms with Crippen molar-refractivity contribution in [3.8, 4) is 0 Å². The molecule has 6 aromatic carbocycles. The molecular formula is C49H41N5. The molecule has 0 radical (unpaired) electrons. The van der Waals surface area contributed by atoms with E-state index >= 15 is 0 Å². The molecule has 2 aliphatic heterocycles. The summed E-state index contributed by atoms with van der Waals surface area (Å²) < 4.78 is 0. The fraction of sp³-hybridized carbons (Fsp3) is 0.122. The van der Waals surface area contributed by atoms with Crippen LogP contribution in [0.1, 0.15) is 68.9 Å². The lowest BCUT2D eigenvalue weighted by atomic mass is 9.93.